The molecule has 3 saturated heterocycles. The average Bonchev–Trinajstić information content (AvgIpc) is 2.56. The van der Waals surface area contributed by atoms with Crippen molar-refractivity contribution in [1.29, 1.82) is 0 Å². The summed E-state index contributed by atoms with van der Waals surface area (Å²) in [4.78, 5) is 26.3. The van der Waals surface area contributed by atoms with Crippen molar-refractivity contribution in [1.82, 2.24) is 10.2 Å². The predicted molar refractivity (Wildman–Crippen MR) is 90.3 cm³/mol. The molecule has 3 fully saturated rings. The first-order valence-electron chi connectivity index (χ1n) is 8.40. The molecule has 4 rings (SSSR count). The molecule has 0 spiro atoms. The molecule has 3 aliphatic heterocycles. The van der Waals surface area contributed by atoms with E-state index < -0.39 is 5.54 Å². The molecule has 0 saturated carbocycles. The summed E-state index contributed by atoms with van der Waals surface area (Å²) in [7, 11) is 0. The molecule has 0 aromatic heterocycles. The summed E-state index contributed by atoms with van der Waals surface area (Å²) in [5, 5.41) is 5.85. The molecule has 2 amide bonds. The van der Waals surface area contributed by atoms with Crippen LogP contribution in [0.5, 0.6) is 0 Å². The number of rotatable bonds is 5. The van der Waals surface area contributed by atoms with E-state index >= 15 is 0 Å². The van der Waals surface area contributed by atoms with E-state index in [9.17, 15) is 9.59 Å². The van der Waals surface area contributed by atoms with Gasteiger partial charge in [-0.15, -0.1) is 0 Å². The van der Waals surface area contributed by atoms with Gasteiger partial charge in [0.05, 0.1) is 0 Å². The van der Waals surface area contributed by atoms with E-state index in [4.69, 9.17) is 0 Å². The minimum absolute atomic E-state index is 0.101. The fourth-order valence-corrected chi connectivity index (χ4v) is 3.85. The van der Waals surface area contributed by atoms with Gasteiger partial charge in [0.1, 0.15) is 5.54 Å². The number of anilines is 1. The van der Waals surface area contributed by atoms with Crippen LogP contribution in [0.4, 0.5) is 5.69 Å². The van der Waals surface area contributed by atoms with Gasteiger partial charge in [0.25, 0.3) is 5.91 Å². The number of benzene rings is 1. The van der Waals surface area contributed by atoms with Crippen molar-refractivity contribution in [2.75, 3.05) is 25.0 Å². The summed E-state index contributed by atoms with van der Waals surface area (Å²) in [6, 6.07) is 7.94. The zero-order chi connectivity index (χ0) is 16.4. The Morgan fingerprint density at radius 3 is 2.39 bits per heavy atom. The van der Waals surface area contributed by atoms with Crippen molar-refractivity contribution in [2.24, 2.45) is 5.92 Å². The lowest BCUT2D eigenvalue weighted by atomic mass is 9.72. The molecule has 124 valence electrons. The van der Waals surface area contributed by atoms with Gasteiger partial charge < -0.3 is 15.5 Å². The Labute approximate surface area is 137 Å². The van der Waals surface area contributed by atoms with Crippen LogP contribution >= 0.6 is 0 Å². The Morgan fingerprint density at radius 1 is 1.26 bits per heavy atom. The van der Waals surface area contributed by atoms with Gasteiger partial charge in [-0.05, 0) is 55.5 Å². The molecule has 0 aliphatic carbocycles. The largest absolute Gasteiger partial charge is 0.343 e. The highest BCUT2D eigenvalue weighted by atomic mass is 16.2. The number of fused-ring (bicyclic) bond motifs is 3. The fourth-order valence-electron chi connectivity index (χ4n) is 3.85. The third kappa shape index (κ3) is 2.98. The molecule has 1 atom stereocenters. The Balaban J connectivity index is 1.78. The molecule has 23 heavy (non-hydrogen) atoms. The molecule has 1 aromatic rings. The van der Waals surface area contributed by atoms with Crippen LogP contribution in [0.15, 0.2) is 24.3 Å². The van der Waals surface area contributed by atoms with Crippen molar-refractivity contribution >= 4 is 18.0 Å². The highest BCUT2D eigenvalue weighted by Crippen LogP contribution is 2.36. The minimum atomic E-state index is -0.797. The molecule has 5 heteroatoms. The van der Waals surface area contributed by atoms with E-state index in [2.05, 4.69) is 29.4 Å². The van der Waals surface area contributed by atoms with Crippen LogP contribution in [0.1, 0.15) is 38.2 Å². The van der Waals surface area contributed by atoms with Crippen LogP contribution in [0.25, 0.3) is 0 Å². The maximum absolute atomic E-state index is 12.9. The Bertz CT molecular complexity index is 576. The number of amides is 2. The number of hydrogen-bond acceptors (Lipinski definition) is 3. The average molecular weight is 315 g/mol. The van der Waals surface area contributed by atoms with Gasteiger partial charge in [-0.1, -0.05) is 26.0 Å². The maximum atomic E-state index is 12.9. The molecule has 0 unspecified atom stereocenters. The Hall–Kier alpha value is -1.88. The molecule has 2 bridgehead atoms. The predicted octanol–water partition coefficient (Wildman–Crippen LogP) is 1.96. The van der Waals surface area contributed by atoms with Gasteiger partial charge in [0.15, 0.2) is 0 Å². The first-order chi connectivity index (χ1) is 11.0. The molecular weight excluding hydrogens is 290 g/mol. The summed E-state index contributed by atoms with van der Waals surface area (Å²) in [5.74, 6) is 0.577. The molecular formula is C18H25N3O2. The third-order valence-corrected chi connectivity index (χ3v) is 5.31. The number of hydrogen-bond donors (Lipinski definition) is 2. The van der Waals surface area contributed by atoms with Crippen LogP contribution in [0, 0.1) is 5.92 Å². The lowest BCUT2D eigenvalue weighted by Gasteiger charge is -2.51. The van der Waals surface area contributed by atoms with Crippen LogP contribution < -0.4 is 10.6 Å². The lowest BCUT2D eigenvalue weighted by Crippen LogP contribution is -2.70. The van der Waals surface area contributed by atoms with Crippen LogP contribution in [-0.2, 0) is 9.59 Å². The first kappa shape index (κ1) is 16.0. The second-order valence-electron chi connectivity index (χ2n) is 7.01. The molecule has 1 aromatic carbocycles. The number of nitrogens with one attached hydrogen (secondary N) is 2. The molecule has 0 radical (unpaired) electrons. The second kappa shape index (κ2) is 6.32. The van der Waals surface area contributed by atoms with Crippen molar-refractivity contribution < 1.29 is 9.59 Å². The summed E-state index contributed by atoms with van der Waals surface area (Å²) < 4.78 is 0. The highest BCUT2D eigenvalue weighted by Gasteiger charge is 2.51. The number of nitrogens with zero attached hydrogens (tertiary/aromatic N) is 1. The maximum Gasteiger partial charge on any atom is 0.251 e. The normalized spacial score (nSPS) is 29.3. The van der Waals surface area contributed by atoms with Crippen molar-refractivity contribution in [3.63, 3.8) is 0 Å². The number of carbonyl (C=O) groups excluding carboxylic acids is 2. The van der Waals surface area contributed by atoms with Crippen LogP contribution in [0.2, 0.25) is 0 Å². The summed E-state index contributed by atoms with van der Waals surface area (Å²) in [6.45, 7) is 6.92. The van der Waals surface area contributed by atoms with Crippen molar-refractivity contribution in [2.45, 2.75) is 38.1 Å². The van der Waals surface area contributed by atoms with Crippen molar-refractivity contribution in [3.8, 4) is 0 Å². The second-order valence-corrected chi connectivity index (χ2v) is 7.01. The molecule has 3 heterocycles. The topological polar surface area (TPSA) is 61.4 Å². The molecule has 3 aliphatic rings. The van der Waals surface area contributed by atoms with Gasteiger partial charge in [-0.2, -0.15) is 0 Å². The van der Waals surface area contributed by atoms with Gasteiger partial charge >= 0.3 is 0 Å². The zero-order valence-corrected chi connectivity index (χ0v) is 13.8. The highest BCUT2D eigenvalue weighted by molar-refractivity contribution is 6.00. The van der Waals surface area contributed by atoms with Crippen molar-refractivity contribution in [3.05, 3.63) is 29.8 Å². The van der Waals surface area contributed by atoms with E-state index in [0.29, 0.717) is 18.9 Å². The summed E-state index contributed by atoms with van der Waals surface area (Å²) >= 11 is 0. The molecule has 5 nitrogen and oxygen atoms in total. The summed E-state index contributed by atoms with van der Waals surface area (Å²) in [6.07, 6.45) is 2.59. The van der Waals surface area contributed by atoms with Gasteiger partial charge in [0, 0.05) is 12.2 Å². The van der Waals surface area contributed by atoms with Gasteiger partial charge in [0.2, 0.25) is 6.41 Å². The summed E-state index contributed by atoms with van der Waals surface area (Å²) in [5.41, 5.74) is 1.23. The fraction of sp³-hybridized carbons (Fsp3) is 0.556. The Kier molecular flexibility index (Phi) is 4.39. The van der Waals surface area contributed by atoms with Crippen LogP contribution in [0.3, 0.4) is 0 Å². The number of piperidine rings is 3. The van der Waals surface area contributed by atoms with E-state index in [0.717, 1.165) is 31.6 Å². The lowest BCUT2D eigenvalue weighted by molar-refractivity contribution is -0.134. The van der Waals surface area contributed by atoms with Gasteiger partial charge in [-0.25, -0.2) is 0 Å². The zero-order valence-electron chi connectivity index (χ0n) is 13.8. The van der Waals surface area contributed by atoms with E-state index in [1.165, 1.54) is 5.56 Å². The van der Waals surface area contributed by atoms with E-state index in [-0.39, 0.29) is 11.8 Å². The van der Waals surface area contributed by atoms with E-state index in [1.807, 2.05) is 24.3 Å². The Morgan fingerprint density at radius 2 is 1.91 bits per heavy atom. The first-order valence-corrected chi connectivity index (χ1v) is 8.40. The van der Waals surface area contributed by atoms with E-state index in [1.54, 1.807) is 0 Å². The van der Waals surface area contributed by atoms with Crippen LogP contribution in [-0.4, -0.2) is 42.4 Å². The monoisotopic (exact) mass is 315 g/mol. The minimum Gasteiger partial charge on any atom is -0.343 e. The third-order valence-electron chi connectivity index (χ3n) is 5.31. The number of carbonyl (C=O) groups is 2. The smallest absolute Gasteiger partial charge is 0.251 e. The van der Waals surface area contributed by atoms with Gasteiger partial charge in [-0.3, -0.25) is 9.59 Å². The molecule has 2 N–H and O–H groups in total. The SMILES string of the molecule is CC(C)c1ccc(NC(=O)[C@]2(NC=O)CN3CCC2CC3)cc1. The standard InChI is InChI=1S/C18H25N3O2/c1-13(2)14-3-5-16(6-4-14)20-17(23)18(19-12-22)11-21-9-7-15(18)8-10-21/h3-6,12-13,15H,7-11H2,1-2H3,(H,19,22)(H,20,23)/t18-/m0/s1. The quantitative estimate of drug-likeness (QED) is 0.817.